The Bertz CT molecular complexity index is 909. The van der Waals surface area contributed by atoms with Gasteiger partial charge in [-0.25, -0.2) is 4.99 Å². The molecule has 28 heavy (non-hydrogen) atoms. The molecule has 2 amide bonds. The summed E-state index contributed by atoms with van der Waals surface area (Å²) in [5, 5.41) is 8.11. The van der Waals surface area contributed by atoms with Crippen molar-refractivity contribution in [1.82, 2.24) is 5.32 Å². The van der Waals surface area contributed by atoms with Crippen LogP contribution in [-0.2, 0) is 9.59 Å². The predicted molar refractivity (Wildman–Crippen MR) is 107 cm³/mol. The van der Waals surface area contributed by atoms with E-state index >= 15 is 0 Å². The van der Waals surface area contributed by atoms with Crippen LogP contribution in [0.2, 0.25) is 0 Å². The van der Waals surface area contributed by atoms with Gasteiger partial charge in [0.15, 0.2) is 0 Å². The van der Waals surface area contributed by atoms with Gasteiger partial charge in [0.25, 0.3) is 5.91 Å². The fourth-order valence-corrected chi connectivity index (χ4v) is 2.50. The van der Waals surface area contributed by atoms with E-state index in [0.29, 0.717) is 11.4 Å². The molecule has 0 spiro atoms. The van der Waals surface area contributed by atoms with Crippen LogP contribution in [-0.4, -0.2) is 36.9 Å². The highest BCUT2D eigenvalue weighted by atomic mass is 16.5. The van der Waals surface area contributed by atoms with Gasteiger partial charge >= 0.3 is 0 Å². The van der Waals surface area contributed by atoms with Gasteiger partial charge in [-0.2, -0.15) is 4.99 Å². The van der Waals surface area contributed by atoms with Crippen LogP contribution in [0, 0.1) is 0 Å². The molecule has 144 valence electrons. The summed E-state index contributed by atoms with van der Waals surface area (Å²) in [6, 6.07) is 15.2. The van der Waals surface area contributed by atoms with Crippen LogP contribution < -0.4 is 26.4 Å². The molecule has 0 fully saturated rings. The smallest absolute Gasteiger partial charge is 0.252 e. The molecule has 1 heterocycles. The van der Waals surface area contributed by atoms with Gasteiger partial charge in [-0.3, -0.25) is 14.9 Å². The van der Waals surface area contributed by atoms with E-state index in [4.69, 9.17) is 10.5 Å². The van der Waals surface area contributed by atoms with Crippen LogP contribution in [0.1, 0.15) is 6.42 Å². The van der Waals surface area contributed by atoms with E-state index in [2.05, 4.69) is 25.9 Å². The minimum atomic E-state index is -0.860. The number of carbonyl (C=O) groups excluding carboxylic acids is 2. The lowest BCUT2D eigenvalue weighted by molar-refractivity contribution is -0.123. The van der Waals surface area contributed by atoms with Crippen LogP contribution in [0.5, 0.6) is 5.75 Å². The van der Waals surface area contributed by atoms with Crippen molar-refractivity contribution in [3.63, 3.8) is 0 Å². The maximum atomic E-state index is 12.2. The monoisotopic (exact) mass is 380 g/mol. The van der Waals surface area contributed by atoms with Gasteiger partial charge in [-0.1, -0.05) is 18.2 Å². The molecule has 0 saturated heterocycles. The van der Waals surface area contributed by atoms with Gasteiger partial charge in [0, 0.05) is 11.4 Å². The second-order valence-corrected chi connectivity index (χ2v) is 5.93. The summed E-state index contributed by atoms with van der Waals surface area (Å²) in [5.74, 6) is 0.0783. The zero-order valence-corrected chi connectivity index (χ0v) is 15.2. The predicted octanol–water partition coefficient (Wildman–Crippen LogP) is 1.30. The Morgan fingerprint density at radius 1 is 1.14 bits per heavy atom. The first-order chi connectivity index (χ1) is 13.5. The first-order valence-corrected chi connectivity index (χ1v) is 8.52. The molecule has 9 heteroatoms. The van der Waals surface area contributed by atoms with Gasteiger partial charge in [-0.15, -0.1) is 0 Å². The van der Waals surface area contributed by atoms with Crippen molar-refractivity contribution in [1.29, 1.82) is 0 Å². The van der Waals surface area contributed by atoms with Crippen LogP contribution >= 0.6 is 0 Å². The summed E-state index contributed by atoms with van der Waals surface area (Å²) in [4.78, 5) is 32.4. The quantitative estimate of drug-likeness (QED) is 0.459. The highest BCUT2D eigenvalue weighted by Crippen LogP contribution is 2.16. The Hall–Kier alpha value is -3.88. The van der Waals surface area contributed by atoms with Crippen molar-refractivity contribution in [3.8, 4) is 5.75 Å². The van der Waals surface area contributed by atoms with Gasteiger partial charge < -0.3 is 21.1 Å². The molecule has 1 aliphatic heterocycles. The van der Waals surface area contributed by atoms with Crippen molar-refractivity contribution in [2.24, 2.45) is 15.7 Å². The number of benzene rings is 2. The number of hydrogen-bond donors (Lipinski definition) is 4. The molecule has 0 bridgehead atoms. The zero-order chi connectivity index (χ0) is 19.9. The molecule has 5 N–H and O–H groups in total. The number of carbonyl (C=O) groups is 2. The molecule has 1 aliphatic rings. The summed E-state index contributed by atoms with van der Waals surface area (Å²) in [6.07, 6.45) is -0.108. The molecule has 0 radical (unpaired) electrons. The lowest BCUT2D eigenvalue weighted by Gasteiger charge is -2.07. The van der Waals surface area contributed by atoms with Crippen LogP contribution in [0.25, 0.3) is 0 Å². The molecule has 0 saturated carbocycles. The molecule has 0 unspecified atom stereocenters. The normalized spacial score (nSPS) is 16.2. The SMILES string of the molecule is COc1ccc(NC(=O)C[C@H]2N=C(N=C(N)Nc3ccccc3)NC2=O)cc1. The van der Waals surface area contributed by atoms with Crippen LogP contribution in [0.3, 0.4) is 0 Å². The number of rotatable bonds is 5. The van der Waals surface area contributed by atoms with Gasteiger partial charge in [-0.05, 0) is 36.4 Å². The summed E-state index contributed by atoms with van der Waals surface area (Å²) in [7, 11) is 1.56. The highest BCUT2D eigenvalue weighted by molar-refractivity contribution is 6.11. The van der Waals surface area contributed by atoms with Crippen LogP contribution in [0.15, 0.2) is 64.6 Å². The molecule has 0 aromatic heterocycles. The van der Waals surface area contributed by atoms with Crippen molar-refractivity contribution < 1.29 is 14.3 Å². The van der Waals surface area contributed by atoms with Gasteiger partial charge in [0.1, 0.15) is 11.8 Å². The summed E-state index contributed by atoms with van der Waals surface area (Å²) < 4.78 is 5.07. The van der Waals surface area contributed by atoms with Crippen molar-refractivity contribution in [2.75, 3.05) is 17.7 Å². The maximum absolute atomic E-state index is 12.2. The molecule has 3 rings (SSSR count). The number of nitrogens with two attached hydrogens (primary N) is 1. The number of guanidine groups is 2. The molecule has 2 aromatic rings. The summed E-state index contributed by atoms with van der Waals surface area (Å²) >= 11 is 0. The average molecular weight is 380 g/mol. The Morgan fingerprint density at radius 3 is 2.50 bits per heavy atom. The number of hydrogen-bond acceptors (Lipinski definition) is 5. The number of methoxy groups -OCH3 is 1. The first kappa shape index (κ1) is 18.9. The number of amides is 2. The van der Waals surface area contributed by atoms with E-state index in [0.717, 1.165) is 5.69 Å². The average Bonchev–Trinajstić information content (AvgIpc) is 3.01. The zero-order valence-electron chi connectivity index (χ0n) is 15.2. The van der Waals surface area contributed by atoms with Crippen molar-refractivity contribution >= 4 is 35.1 Å². The second kappa shape index (κ2) is 8.67. The Labute approximate surface area is 161 Å². The molecule has 1 atom stereocenters. The minimum Gasteiger partial charge on any atom is -0.497 e. The number of nitrogens with one attached hydrogen (secondary N) is 3. The third kappa shape index (κ3) is 5.07. The van der Waals surface area contributed by atoms with E-state index in [1.165, 1.54) is 0 Å². The largest absolute Gasteiger partial charge is 0.497 e. The Morgan fingerprint density at radius 2 is 1.82 bits per heavy atom. The third-order valence-corrected chi connectivity index (χ3v) is 3.84. The number of ether oxygens (including phenoxy) is 1. The Kier molecular flexibility index (Phi) is 5.85. The fraction of sp³-hybridized carbons (Fsp3) is 0.158. The van der Waals surface area contributed by atoms with Crippen LogP contribution in [0.4, 0.5) is 11.4 Å². The highest BCUT2D eigenvalue weighted by Gasteiger charge is 2.28. The number of para-hydroxylation sites is 1. The molecule has 0 aliphatic carbocycles. The standard InChI is InChI=1S/C19H20N6O3/c1-28-14-9-7-13(8-10-14)21-16(26)11-15-17(27)24-19(23-15)25-18(20)22-12-5-3-2-4-6-12/h2-10,15H,11H2,1H3,(H,21,26)(H4,20,22,23,24,25,27)/t15-/m1/s1. The molecular formula is C19H20N6O3. The molecule has 9 nitrogen and oxygen atoms in total. The second-order valence-electron chi connectivity index (χ2n) is 5.93. The lowest BCUT2D eigenvalue weighted by Crippen LogP contribution is -2.32. The maximum Gasteiger partial charge on any atom is 0.252 e. The molecular weight excluding hydrogens is 360 g/mol. The topological polar surface area (TPSA) is 130 Å². The van der Waals surface area contributed by atoms with Crippen molar-refractivity contribution in [3.05, 3.63) is 54.6 Å². The van der Waals surface area contributed by atoms with E-state index in [9.17, 15) is 9.59 Å². The number of nitrogens with zero attached hydrogens (tertiary/aromatic N) is 2. The molecule has 2 aromatic carbocycles. The van der Waals surface area contributed by atoms with Crippen molar-refractivity contribution in [2.45, 2.75) is 12.5 Å². The first-order valence-electron chi connectivity index (χ1n) is 8.52. The number of anilines is 2. The van der Waals surface area contributed by atoms with Gasteiger partial charge in [0.2, 0.25) is 17.8 Å². The number of aliphatic imine (C=N–C) groups is 2. The third-order valence-electron chi connectivity index (χ3n) is 3.84. The summed E-state index contributed by atoms with van der Waals surface area (Å²) in [6.45, 7) is 0. The summed E-state index contributed by atoms with van der Waals surface area (Å²) in [5.41, 5.74) is 7.17. The van der Waals surface area contributed by atoms with E-state index in [-0.39, 0.29) is 24.2 Å². The van der Waals surface area contributed by atoms with E-state index < -0.39 is 11.9 Å². The van der Waals surface area contributed by atoms with E-state index in [1.807, 2.05) is 30.3 Å². The van der Waals surface area contributed by atoms with Gasteiger partial charge in [0.05, 0.1) is 13.5 Å². The lowest BCUT2D eigenvalue weighted by atomic mass is 10.2. The Balaban J connectivity index is 1.58. The minimum absolute atomic E-state index is 0.0631. The fourth-order valence-electron chi connectivity index (χ4n) is 2.50. The van der Waals surface area contributed by atoms with E-state index in [1.54, 1.807) is 31.4 Å².